The van der Waals surface area contributed by atoms with Gasteiger partial charge in [-0.2, -0.15) is 0 Å². The molecule has 1 unspecified atom stereocenters. The van der Waals surface area contributed by atoms with E-state index < -0.39 is 9.84 Å². The molecule has 1 rings (SSSR count). The number of rotatable bonds is 7. The molecule has 0 radical (unpaired) electrons. The first-order valence-electron chi connectivity index (χ1n) is 7.14. The third-order valence-corrected chi connectivity index (χ3v) is 5.07. The van der Waals surface area contributed by atoms with E-state index in [9.17, 15) is 13.2 Å². The maximum Gasteiger partial charge on any atom is 0.251 e. The van der Waals surface area contributed by atoms with Crippen LogP contribution < -0.4 is 10.6 Å². The molecule has 0 saturated heterocycles. The predicted octanol–water partition coefficient (Wildman–Crippen LogP) is 1.98. The average Bonchev–Trinajstić information content (AvgIpc) is 2.41. The van der Waals surface area contributed by atoms with Crippen molar-refractivity contribution >= 4 is 21.4 Å². The molecule has 1 aromatic carbocycles. The van der Waals surface area contributed by atoms with Gasteiger partial charge in [0.05, 0.1) is 5.75 Å². The van der Waals surface area contributed by atoms with Crippen LogP contribution in [0.1, 0.15) is 36.7 Å². The van der Waals surface area contributed by atoms with Crippen molar-refractivity contribution in [2.75, 3.05) is 23.4 Å². The Morgan fingerprint density at radius 2 is 1.95 bits per heavy atom. The quantitative estimate of drug-likeness (QED) is 0.807. The summed E-state index contributed by atoms with van der Waals surface area (Å²) >= 11 is 0. The van der Waals surface area contributed by atoms with Gasteiger partial charge in [0.1, 0.15) is 0 Å². The molecule has 0 saturated carbocycles. The number of sulfone groups is 1. The predicted molar refractivity (Wildman–Crippen MR) is 86.6 cm³/mol. The smallest absolute Gasteiger partial charge is 0.251 e. The van der Waals surface area contributed by atoms with E-state index >= 15 is 0 Å². The number of aryl methyl sites for hydroxylation is 1. The highest BCUT2D eigenvalue weighted by molar-refractivity contribution is 7.91. The number of hydrogen-bond acceptors (Lipinski definition) is 4. The fourth-order valence-electron chi connectivity index (χ4n) is 1.99. The second-order valence-electron chi connectivity index (χ2n) is 5.13. The number of benzene rings is 1. The summed E-state index contributed by atoms with van der Waals surface area (Å²) in [4.78, 5) is 11.8. The van der Waals surface area contributed by atoms with E-state index in [0.717, 1.165) is 11.3 Å². The molecule has 118 valence electrons. The van der Waals surface area contributed by atoms with E-state index in [2.05, 4.69) is 10.6 Å². The molecule has 1 atom stereocenters. The minimum Gasteiger partial charge on any atom is -0.381 e. The SMILES string of the molecule is CCNC(=O)c1ccc(C)c(NC(C)CS(=O)(=O)CC)c1. The van der Waals surface area contributed by atoms with Crippen LogP contribution in [0.4, 0.5) is 5.69 Å². The van der Waals surface area contributed by atoms with Gasteiger partial charge in [0.25, 0.3) is 5.91 Å². The minimum atomic E-state index is -3.03. The van der Waals surface area contributed by atoms with Gasteiger partial charge in [-0.3, -0.25) is 4.79 Å². The second-order valence-corrected chi connectivity index (χ2v) is 7.53. The third kappa shape index (κ3) is 5.38. The van der Waals surface area contributed by atoms with Gasteiger partial charge >= 0.3 is 0 Å². The van der Waals surface area contributed by atoms with E-state index in [-0.39, 0.29) is 23.5 Å². The number of carbonyl (C=O) groups is 1. The first-order chi connectivity index (χ1) is 9.79. The Balaban J connectivity index is 2.87. The Morgan fingerprint density at radius 3 is 2.52 bits per heavy atom. The highest BCUT2D eigenvalue weighted by Gasteiger charge is 2.15. The van der Waals surface area contributed by atoms with Crippen LogP contribution in [0, 0.1) is 6.92 Å². The van der Waals surface area contributed by atoms with E-state index in [1.54, 1.807) is 19.1 Å². The molecule has 0 spiro atoms. The van der Waals surface area contributed by atoms with Gasteiger partial charge in [-0.05, 0) is 38.5 Å². The number of hydrogen-bond donors (Lipinski definition) is 2. The summed E-state index contributed by atoms with van der Waals surface area (Å²) in [6.07, 6.45) is 0. The van der Waals surface area contributed by atoms with Crippen molar-refractivity contribution in [2.45, 2.75) is 33.7 Å². The average molecular weight is 312 g/mol. The van der Waals surface area contributed by atoms with Crippen molar-refractivity contribution in [2.24, 2.45) is 0 Å². The van der Waals surface area contributed by atoms with Crippen LogP contribution in [-0.4, -0.2) is 38.4 Å². The van der Waals surface area contributed by atoms with E-state index in [4.69, 9.17) is 0 Å². The maximum absolute atomic E-state index is 11.8. The van der Waals surface area contributed by atoms with Crippen molar-refractivity contribution in [1.29, 1.82) is 0 Å². The number of anilines is 1. The van der Waals surface area contributed by atoms with Crippen LogP contribution in [0.2, 0.25) is 0 Å². The van der Waals surface area contributed by atoms with Crippen LogP contribution >= 0.6 is 0 Å². The molecule has 0 aliphatic carbocycles. The molecule has 6 heteroatoms. The molecule has 5 nitrogen and oxygen atoms in total. The first-order valence-corrected chi connectivity index (χ1v) is 8.97. The molecular weight excluding hydrogens is 288 g/mol. The standard InChI is InChI=1S/C15H24N2O3S/c1-5-16-15(18)13-8-7-11(3)14(9-13)17-12(4)10-21(19,20)6-2/h7-9,12,17H,5-6,10H2,1-4H3,(H,16,18). The highest BCUT2D eigenvalue weighted by Crippen LogP contribution is 2.18. The number of nitrogens with one attached hydrogen (secondary N) is 2. The molecule has 1 aromatic rings. The van der Waals surface area contributed by atoms with Gasteiger partial charge in [-0.15, -0.1) is 0 Å². The second kappa shape index (κ2) is 7.45. The van der Waals surface area contributed by atoms with Crippen LogP contribution in [0.5, 0.6) is 0 Å². The molecule has 0 aromatic heterocycles. The van der Waals surface area contributed by atoms with Gasteiger partial charge < -0.3 is 10.6 Å². The van der Waals surface area contributed by atoms with E-state index in [0.29, 0.717) is 12.1 Å². The van der Waals surface area contributed by atoms with Crippen molar-refractivity contribution in [3.8, 4) is 0 Å². The topological polar surface area (TPSA) is 75.3 Å². The number of amides is 1. The van der Waals surface area contributed by atoms with Gasteiger partial charge in [0.2, 0.25) is 0 Å². The van der Waals surface area contributed by atoms with Gasteiger partial charge in [-0.1, -0.05) is 13.0 Å². The van der Waals surface area contributed by atoms with Crippen molar-refractivity contribution in [1.82, 2.24) is 5.32 Å². The monoisotopic (exact) mass is 312 g/mol. The zero-order valence-electron chi connectivity index (χ0n) is 13.1. The Hall–Kier alpha value is -1.56. The molecule has 0 heterocycles. The van der Waals surface area contributed by atoms with Gasteiger partial charge in [-0.25, -0.2) is 8.42 Å². The summed E-state index contributed by atoms with van der Waals surface area (Å²) in [5.41, 5.74) is 2.33. The summed E-state index contributed by atoms with van der Waals surface area (Å²) in [6.45, 7) is 7.82. The Bertz CT molecular complexity index is 597. The maximum atomic E-state index is 11.8. The Kier molecular flexibility index (Phi) is 6.20. The number of carbonyl (C=O) groups excluding carboxylic acids is 1. The van der Waals surface area contributed by atoms with Crippen LogP contribution in [0.3, 0.4) is 0 Å². The molecule has 0 aliphatic heterocycles. The molecule has 0 aliphatic rings. The normalized spacial score (nSPS) is 12.8. The van der Waals surface area contributed by atoms with Crippen molar-refractivity contribution in [3.05, 3.63) is 29.3 Å². The Labute approximate surface area is 127 Å². The highest BCUT2D eigenvalue weighted by atomic mass is 32.2. The fraction of sp³-hybridized carbons (Fsp3) is 0.533. The van der Waals surface area contributed by atoms with Crippen molar-refractivity contribution < 1.29 is 13.2 Å². The summed E-state index contributed by atoms with van der Waals surface area (Å²) < 4.78 is 23.3. The lowest BCUT2D eigenvalue weighted by molar-refractivity contribution is 0.0956. The summed E-state index contributed by atoms with van der Waals surface area (Å²) in [5.74, 6) is 0.0834. The molecule has 1 amide bonds. The molecular formula is C15H24N2O3S. The molecule has 0 fully saturated rings. The molecule has 2 N–H and O–H groups in total. The third-order valence-electron chi connectivity index (χ3n) is 3.18. The van der Waals surface area contributed by atoms with E-state index in [1.165, 1.54) is 0 Å². The first kappa shape index (κ1) is 17.5. The van der Waals surface area contributed by atoms with Crippen molar-refractivity contribution in [3.63, 3.8) is 0 Å². The largest absolute Gasteiger partial charge is 0.381 e. The zero-order valence-corrected chi connectivity index (χ0v) is 13.9. The van der Waals surface area contributed by atoms with Gasteiger partial charge in [0, 0.05) is 29.6 Å². The zero-order chi connectivity index (χ0) is 16.0. The minimum absolute atomic E-state index is 0.0777. The Morgan fingerprint density at radius 1 is 1.29 bits per heavy atom. The molecule has 0 bridgehead atoms. The summed E-state index contributed by atoms with van der Waals surface area (Å²) in [6, 6.07) is 5.17. The molecule has 21 heavy (non-hydrogen) atoms. The lowest BCUT2D eigenvalue weighted by Gasteiger charge is -2.17. The van der Waals surface area contributed by atoms with Crippen LogP contribution in [0.15, 0.2) is 18.2 Å². The summed E-state index contributed by atoms with van der Waals surface area (Å²) in [5, 5.41) is 5.93. The van der Waals surface area contributed by atoms with Gasteiger partial charge in [0.15, 0.2) is 9.84 Å². The fourth-order valence-corrected chi connectivity index (χ4v) is 3.07. The van der Waals surface area contributed by atoms with E-state index in [1.807, 2.05) is 26.8 Å². The summed E-state index contributed by atoms with van der Waals surface area (Å²) in [7, 11) is -3.03. The lowest BCUT2D eigenvalue weighted by Crippen LogP contribution is -2.27. The van der Waals surface area contributed by atoms with Crippen LogP contribution in [0.25, 0.3) is 0 Å². The van der Waals surface area contributed by atoms with Crippen LogP contribution in [-0.2, 0) is 9.84 Å². The lowest BCUT2D eigenvalue weighted by atomic mass is 10.1.